The van der Waals surface area contributed by atoms with Crippen LogP contribution in [0.4, 0.5) is 5.69 Å². The van der Waals surface area contributed by atoms with Gasteiger partial charge in [0.1, 0.15) is 12.3 Å². The van der Waals surface area contributed by atoms with Gasteiger partial charge in [0.25, 0.3) is 5.91 Å². The van der Waals surface area contributed by atoms with Gasteiger partial charge < -0.3 is 20.3 Å². The Morgan fingerprint density at radius 1 is 0.886 bits per heavy atom. The van der Waals surface area contributed by atoms with Crippen molar-refractivity contribution in [2.24, 2.45) is 0 Å². The zero-order valence-corrected chi connectivity index (χ0v) is 20.0. The molecule has 0 atom stereocenters. The monoisotopic (exact) mass is 473 g/mol. The summed E-state index contributed by atoms with van der Waals surface area (Å²) in [6.45, 7) is -0.256. The number of nitrogens with one attached hydrogen (secondary N) is 2. The molecule has 0 bridgehead atoms. The van der Waals surface area contributed by atoms with Gasteiger partial charge in [0.15, 0.2) is 0 Å². The molecule has 0 saturated heterocycles. The van der Waals surface area contributed by atoms with Crippen molar-refractivity contribution in [1.29, 1.82) is 0 Å². The second-order valence-electron chi connectivity index (χ2n) is 8.81. The number of ether oxygens (including phenoxy) is 1. The molecule has 7 heteroatoms. The van der Waals surface area contributed by atoms with Gasteiger partial charge in [0, 0.05) is 17.3 Å². The fraction of sp³-hybridized carbons (Fsp3) is 0.321. The minimum absolute atomic E-state index is 0.00842. The molecule has 0 heterocycles. The molecule has 0 aliphatic heterocycles. The Hall–Kier alpha value is -3.87. The third-order valence-corrected chi connectivity index (χ3v) is 6.43. The van der Waals surface area contributed by atoms with Gasteiger partial charge in [-0.2, -0.15) is 0 Å². The number of anilines is 1. The number of amides is 3. The number of carbonyl (C=O) groups is 3. The van der Waals surface area contributed by atoms with E-state index in [1.54, 1.807) is 36.3 Å². The summed E-state index contributed by atoms with van der Waals surface area (Å²) in [5.41, 5.74) is 1.21. The van der Waals surface area contributed by atoms with Crippen LogP contribution in [0.5, 0.6) is 5.75 Å². The molecule has 3 aromatic carbocycles. The predicted octanol–water partition coefficient (Wildman–Crippen LogP) is 4.38. The Morgan fingerprint density at radius 3 is 2.34 bits per heavy atom. The Bertz CT molecular complexity index is 1180. The lowest BCUT2D eigenvalue weighted by molar-refractivity contribution is -0.125. The van der Waals surface area contributed by atoms with Crippen LogP contribution in [0.3, 0.4) is 0 Å². The molecule has 1 fully saturated rings. The maximum absolute atomic E-state index is 13.7. The second kappa shape index (κ2) is 11.5. The van der Waals surface area contributed by atoms with Crippen LogP contribution in [-0.2, 0) is 9.59 Å². The maximum Gasteiger partial charge on any atom is 0.255 e. The van der Waals surface area contributed by atoms with E-state index in [0.29, 0.717) is 17.0 Å². The normalized spacial score (nSPS) is 13.7. The molecule has 2 N–H and O–H groups in total. The van der Waals surface area contributed by atoms with Gasteiger partial charge in [-0.15, -0.1) is 0 Å². The van der Waals surface area contributed by atoms with Crippen LogP contribution < -0.4 is 15.4 Å². The highest BCUT2D eigenvalue weighted by molar-refractivity contribution is 6.08. The molecule has 1 aliphatic carbocycles. The first-order valence-electron chi connectivity index (χ1n) is 12.0. The van der Waals surface area contributed by atoms with E-state index in [0.717, 1.165) is 42.9 Å². The number of carbonyl (C=O) groups excluding carboxylic acids is 3. The highest BCUT2D eigenvalue weighted by atomic mass is 16.5. The highest BCUT2D eigenvalue weighted by Crippen LogP contribution is 2.26. The van der Waals surface area contributed by atoms with Crippen molar-refractivity contribution in [1.82, 2.24) is 10.2 Å². The van der Waals surface area contributed by atoms with Crippen molar-refractivity contribution >= 4 is 34.2 Å². The van der Waals surface area contributed by atoms with Gasteiger partial charge in [-0.05, 0) is 53.9 Å². The number of hydrogen-bond acceptors (Lipinski definition) is 4. The lowest BCUT2D eigenvalue weighted by Gasteiger charge is -2.34. The van der Waals surface area contributed by atoms with Gasteiger partial charge >= 0.3 is 0 Å². The quantitative estimate of drug-likeness (QED) is 0.508. The van der Waals surface area contributed by atoms with E-state index in [2.05, 4.69) is 10.6 Å². The number of benzene rings is 3. The molecule has 3 amide bonds. The maximum atomic E-state index is 13.7. The summed E-state index contributed by atoms with van der Waals surface area (Å²) in [4.78, 5) is 40.5. The summed E-state index contributed by atoms with van der Waals surface area (Å²) in [6, 6.07) is 20.4. The van der Waals surface area contributed by atoms with Crippen LogP contribution in [0.15, 0.2) is 66.7 Å². The van der Waals surface area contributed by atoms with Crippen LogP contribution in [0.25, 0.3) is 10.8 Å². The largest absolute Gasteiger partial charge is 0.497 e. The van der Waals surface area contributed by atoms with Crippen LogP contribution >= 0.6 is 0 Å². The van der Waals surface area contributed by atoms with E-state index >= 15 is 0 Å². The van der Waals surface area contributed by atoms with Crippen molar-refractivity contribution in [3.8, 4) is 5.75 Å². The van der Waals surface area contributed by atoms with Crippen LogP contribution in [-0.4, -0.2) is 48.9 Å². The minimum atomic E-state index is -0.353. The second-order valence-corrected chi connectivity index (χ2v) is 8.81. The van der Waals surface area contributed by atoms with E-state index in [1.165, 1.54) is 0 Å². The third-order valence-electron chi connectivity index (χ3n) is 6.43. The van der Waals surface area contributed by atoms with Gasteiger partial charge in [-0.25, -0.2) is 0 Å². The van der Waals surface area contributed by atoms with Gasteiger partial charge in [0.2, 0.25) is 11.8 Å². The molecule has 4 rings (SSSR count). The summed E-state index contributed by atoms with van der Waals surface area (Å²) < 4.78 is 5.11. The van der Waals surface area contributed by atoms with Crippen molar-refractivity contribution < 1.29 is 19.1 Å². The fourth-order valence-electron chi connectivity index (χ4n) is 4.60. The van der Waals surface area contributed by atoms with E-state index in [-0.39, 0.29) is 36.9 Å². The summed E-state index contributed by atoms with van der Waals surface area (Å²) in [6.07, 6.45) is 4.97. The third kappa shape index (κ3) is 6.18. The summed E-state index contributed by atoms with van der Waals surface area (Å²) in [5.74, 6) is -0.149. The van der Waals surface area contributed by atoms with Crippen molar-refractivity contribution in [3.63, 3.8) is 0 Å². The summed E-state index contributed by atoms with van der Waals surface area (Å²) in [5, 5.41) is 7.28. The SMILES string of the molecule is COc1ccc(NC(=O)CNC(=O)CN(C(=O)c2cccc3ccccc23)C2CCCCC2)cc1. The van der Waals surface area contributed by atoms with Crippen LogP contribution in [0.1, 0.15) is 42.5 Å². The first-order chi connectivity index (χ1) is 17.0. The zero-order valence-electron chi connectivity index (χ0n) is 20.0. The summed E-state index contributed by atoms with van der Waals surface area (Å²) >= 11 is 0. The molecular weight excluding hydrogens is 442 g/mol. The predicted molar refractivity (Wildman–Crippen MR) is 136 cm³/mol. The van der Waals surface area contributed by atoms with Crippen molar-refractivity contribution in [3.05, 3.63) is 72.3 Å². The van der Waals surface area contributed by atoms with Crippen LogP contribution in [0.2, 0.25) is 0 Å². The average Bonchev–Trinajstić information content (AvgIpc) is 2.91. The Balaban J connectivity index is 1.42. The number of nitrogens with zero attached hydrogens (tertiary/aromatic N) is 1. The Morgan fingerprint density at radius 2 is 1.60 bits per heavy atom. The number of fused-ring (bicyclic) bond motifs is 1. The minimum Gasteiger partial charge on any atom is -0.497 e. The standard InChI is InChI=1S/C28H31N3O4/c1-35-23-16-14-21(15-17-23)30-26(32)18-29-27(33)19-31(22-10-3-2-4-11-22)28(34)25-13-7-9-20-8-5-6-12-24(20)25/h5-9,12-17,22H,2-4,10-11,18-19H2,1H3,(H,29,33)(H,30,32). The van der Waals surface area contributed by atoms with E-state index in [4.69, 9.17) is 4.74 Å². The smallest absolute Gasteiger partial charge is 0.255 e. The van der Waals surface area contributed by atoms with Crippen LogP contribution in [0, 0.1) is 0 Å². The molecule has 7 nitrogen and oxygen atoms in total. The van der Waals surface area contributed by atoms with Crippen molar-refractivity contribution in [2.45, 2.75) is 38.1 Å². The molecule has 35 heavy (non-hydrogen) atoms. The Kier molecular flexibility index (Phi) is 7.98. The topological polar surface area (TPSA) is 87.7 Å². The first kappa shape index (κ1) is 24.3. The molecule has 3 aromatic rings. The fourth-order valence-corrected chi connectivity index (χ4v) is 4.60. The Labute approximate surface area is 205 Å². The van der Waals surface area contributed by atoms with Gasteiger partial charge in [-0.3, -0.25) is 14.4 Å². The van der Waals surface area contributed by atoms with E-state index in [1.807, 2.05) is 42.5 Å². The molecule has 1 aliphatic rings. The molecule has 0 unspecified atom stereocenters. The molecule has 182 valence electrons. The lowest BCUT2D eigenvalue weighted by atomic mass is 9.93. The molecule has 0 spiro atoms. The van der Waals surface area contributed by atoms with Crippen molar-refractivity contribution in [2.75, 3.05) is 25.5 Å². The molecule has 0 radical (unpaired) electrons. The molecule has 1 saturated carbocycles. The van der Waals surface area contributed by atoms with E-state index in [9.17, 15) is 14.4 Å². The average molecular weight is 474 g/mol. The first-order valence-corrected chi connectivity index (χ1v) is 12.0. The van der Waals surface area contributed by atoms with Gasteiger partial charge in [0.05, 0.1) is 13.7 Å². The molecular formula is C28H31N3O4. The number of hydrogen-bond donors (Lipinski definition) is 2. The van der Waals surface area contributed by atoms with E-state index < -0.39 is 0 Å². The zero-order chi connectivity index (χ0) is 24.6. The molecule has 0 aromatic heterocycles. The summed E-state index contributed by atoms with van der Waals surface area (Å²) in [7, 11) is 1.57. The lowest BCUT2D eigenvalue weighted by Crippen LogP contribution is -2.48. The number of methoxy groups -OCH3 is 1. The highest BCUT2D eigenvalue weighted by Gasteiger charge is 2.29. The number of rotatable bonds is 8. The van der Waals surface area contributed by atoms with Gasteiger partial charge in [-0.1, -0.05) is 55.7 Å².